The van der Waals surface area contributed by atoms with Crippen LogP contribution in [0.15, 0.2) is 18.2 Å². The van der Waals surface area contributed by atoms with Crippen molar-refractivity contribution in [2.45, 2.75) is 19.3 Å². The van der Waals surface area contributed by atoms with Crippen LogP contribution in [0, 0.1) is 11.7 Å². The lowest BCUT2D eigenvalue weighted by Crippen LogP contribution is -2.11. The van der Waals surface area contributed by atoms with E-state index in [1.165, 1.54) is 18.9 Å². The highest BCUT2D eigenvalue weighted by Crippen LogP contribution is 2.28. The summed E-state index contributed by atoms with van der Waals surface area (Å²) < 4.78 is 18.8. The fourth-order valence-corrected chi connectivity index (χ4v) is 1.82. The third kappa shape index (κ3) is 4.21. The number of hydrogen-bond donors (Lipinski definition) is 2. The number of anilines is 1. The summed E-state index contributed by atoms with van der Waals surface area (Å²) in [6, 6.07) is 4.21. The second-order valence-electron chi connectivity index (χ2n) is 4.77. The summed E-state index contributed by atoms with van der Waals surface area (Å²) in [6.07, 6.45) is 3.30. The van der Waals surface area contributed by atoms with Crippen molar-refractivity contribution in [2.24, 2.45) is 5.92 Å². The number of benzene rings is 1. The second-order valence-corrected chi connectivity index (χ2v) is 4.77. The fraction of sp³-hybridized carbons (Fsp3) is 0.500. The molecule has 0 spiro atoms. The molecule has 4 nitrogen and oxygen atoms in total. The van der Waals surface area contributed by atoms with Crippen LogP contribution in [0.2, 0.25) is 0 Å². The smallest absolute Gasteiger partial charge is 0.340 e. The summed E-state index contributed by atoms with van der Waals surface area (Å²) >= 11 is 0. The molecule has 5 heteroatoms. The number of rotatable bonds is 8. The zero-order valence-corrected chi connectivity index (χ0v) is 10.7. The topological polar surface area (TPSA) is 58.6 Å². The zero-order valence-electron chi connectivity index (χ0n) is 10.7. The van der Waals surface area contributed by atoms with Crippen molar-refractivity contribution in [3.05, 3.63) is 29.6 Å². The second kappa shape index (κ2) is 6.52. The molecular formula is C14H18FNO3. The number of ether oxygens (including phenoxy) is 1. The minimum Gasteiger partial charge on any atom is -0.478 e. The van der Waals surface area contributed by atoms with Crippen LogP contribution in [0.3, 0.4) is 0 Å². The van der Waals surface area contributed by atoms with Gasteiger partial charge in [-0.1, -0.05) is 6.07 Å². The Morgan fingerprint density at radius 1 is 1.47 bits per heavy atom. The Kier molecular flexibility index (Phi) is 4.74. The van der Waals surface area contributed by atoms with Gasteiger partial charge in [-0.05, 0) is 37.3 Å². The van der Waals surface area contributed by atoms with E-state index in [4.69, 9.17) is 9.84 Å². The van der Waals surface area contributed by atoms with Crippen molar-refractivity contribution < 1.29 is 19.0 Å². The van der Waals surface area contributed by atoms with Gasteiger partial charge in [-0.25, -0.2) is 9.18 Å². The van der Waals surface area contributed by atoms with Gasteiger partial charge in [-0.3, -0.25) is 0 Å². The van der Waals surface area contributed by atoms with Gasteiger partial charge in [0.15, 0.2) is 0 Å². The van der Waals surface area contributed by atoms with Crippen LogP contribution in [0.5, 0.6) is 0 Å². The first-order valence-corrected chi connectivity index (χ1v) is 6.52. The van der Waals surface area contributed by atoms with Crippen molar-refractivity contribution in [3.63, 3.8) is 0 Å². The molecule has 1 aromatic rings. The highest BCUT2D eigenvalue weighted by molar-refractivity contribution is 5.94. The number of aromatic carboxylic acids is 1. The summed E-state index contributed by atoms with van der Waals surface area (Å²) in [6.45, 7) is 2.02. The van der Waals surface area contributed by atoms with E-state index in [2.05, 4.69) is 5.32 Å². The molecular weight excluding hydrogens is 249 g/mol. The number of nitrogens with one attached hydrogen (secondary N) is 1. The predicted octanol–water partition coefficient (Wildman–Crippen LogP) is 2.75. The van der Waals surface area contributed by atoms with Crippen molar-refractivity contribution in [3.8, 4) is 0 Å². The quantitative estimate of drug-likeness (QED) is 0.711. The predicted molar refractivity (Wildman–Crippen MR) is 70.0 cm³/mol. The minimum atomic E-state index is -1.26. The summed E-state index contributed by atoms with van der Waals surface area (Å²) in [7, 11) is 0. The third-order valence-corrected chi connectivity index (χ3v) is 3.06. The highest BCUT2D eigenvalue weighted by atomic mass is 19.1. The fourth-order valence-electron chi connectivity index (χ4n) is 1.82. The molecule has 0 unspecified atom stereocenters. The summed E-state index contributed by atoms with van der Waals surface area (Å²) in [4.78, 5) is 11.0. The molecule has 0 radical (unpaired) electrons. The molecule has 1 fully saturated rings. The standard InChI is InChI=1S/C14H18FNO3/c15-11-3-1-4-12(13(11)14(17)18)16-7-2-8-19-9-10-5-6-10/h1,3-4,10,16H,2,5-9H2,(H,17,18). The van der Waals surface area contributed by atoms with Crippen molar-refractivity contribution in [1.29, 1.82) is 0 Å². The van der Waals surface area contributed by atoms with Gasteiger partial charge >= 0.3 is 5.97 Å². The normalized spacial score (nSPS) is 14.4. The highest BCUT2D eigenvalue weighted by Gasteiger charge is 2.20. The monoisotopic (exact) mass is 267 g/mol. The molecule has 19 heavy (non-hydrogen) atoms. The van der Waals surface area contributed by atoms with Gasteiger partial charge in [0.1, 0.15) is 11.4 Å². The van der Waals surface area contributed by atoms with Gasteiger partial charge in [0.05, 0.1) is 5.69 Å². The van der Waals surface area contributed by atoms with Crippen molar-refractivity contribution in [1.82, 2.24) is 0 Å². The summed E-state index contributed by atoms with van der Waals surface area (Å²) in [5, 5.41) is 11.9. The molecule has 0 bridgehead atoms. The Morgan fingerprint density at radius 2 is 2.26 bits per heavy atom. The van der Waals surface area contributed by atoms with Crippen LogP contribution >= 0.6 is 0 Å². The SMILES string of the molecule is O=C(O)c1c(F)cccc1NCCCOCC1CC1. The summed E-state index contributed by atoms with van der Waals surface area (Å²) in [5.41, 5.74) is 0.0103. The van der Waals surface area contributed by atoms with Gasteiger partial charge in [0.2, 0.25) is 0 Å². The third-order valence-electron chi connectivity index (χ3n) is 3.06. The molecule has 104 valence electrons. The van der Waals surface area contributed by atoms with Crippen LogP contribution < -0.4 is 5.32 Å². The average Bonchev–Trinajstić information content (AvgIpc) is 3.17. The van der Waals surface area contributed by atoms with E-state index in [9.17, 15) is 9.18 Å². The Labute approximate surface area is 111 Å². The molecule has 2 N–H and O–H groups in total. The zero-order chi connectivity index (χ0) is 13.7. The van der Waals surface area contributed by atoms with Gasteiger partial charge in [0.25, 0.3) is 0 Å². The van der Waals surface area contributed by atoms with Crippen LogP contribution in [-0.4, -0.2) is 30.8 Å². The van der Waals surface area contributed by atoms with Crippen LogP contribution in [-0.2, 0) is 4.74 Å². The molecule has 1 aliphatic rings. The molecule has 0 aliphatic heterocycles. The molecule has 0 saturated heterocycles. The lowest BCUT2D eigenvalue weighted by molar-refractivity contribution is 0.0693. The molecule has 0 atom stereocenters. The maximum absolute atomic E-state index is 13.4. The van der Waals surface area contributed by atoms with E-state index < -0.39 is 11.8 Å². The van der Waals surface area contributed by atoms with E-state index in [0.29, 0.717) is 18.8 Å². The number of carboxylic acid groups (broad SMARTS) is 1. The van der Waals surface area contributed by atoms with E-state index >= 15 is 0 Å². The Morgan fingerprint density at radius 3 is 2.95 bits per heavy atom. The lowest BCUT2D eigenvalue weighted by Gasteiger charge is -2.10. The Hall–Kier alpha value is -1.62. The van der Waals surface area contributed by atoms with Crippen LogP contribution in [0.25, 0.3) is 0 Å². The molecule has 2 rings (SSSR count). The lowest BCUT2D eigenvalue weighted by atomic mass is 10.1. The summed E-state index contributed by atoms with van der Waals surface area (Å²) in [5.74, 6) is -1.23. The molecule has 1 aromatic carbocycles. The first-order chi connectivity index (χ1) is 9.18. The van der Waals surface area contributed by atoms with E-state index in [1.807, 2.05) is 0 Å². The number of halogens is 1. The van der Waals surface area contributed by atoms with E-state index in [1.54, 1.807) is 6.07 Å². The average molecular weight is 267 g/mol. The molecule has 0 amide bonds. The first kappa shape index (κ1) is 13.8. The molecule has 0 heterocycles. The van der Waals surface area contributed by atoms with Gasteiger partial charge in [0, 0.05) is 19.8 Å². The number of hydrogen-bond acceptors (Lipinski definition) is 3. The molecule has 1 saturated carbocycles. The van der Waals surface area contributed by atoms with Gasteiger partial charge in [-0.2, -0.15) is 0 Å². The number of carbonyl (C=O) groups is 1. The Bertz CT molecular complexity index is 446. The maximum atomic E-state index is 13.4. The maximum Gasteiger partial charge on any atom is 0.340 e. The van der Waals surface area contributed by atoms with E-state index in [0.717, 1.165) is 25.0 Å². The van der Waals surface area contributed by atoms with Crippen LogP contribution in [0.4, 0.5) is 10.1 Å². The van der Waals surface area contributed by atoms with Gasteiger partial charge in [-0.15, -0.1) is 0 Å². The molecule has 1 aliphatic carbocycles. The minimum absolute atomic E-state index is 0.304. The largest absolute Gasteiger partial charge is 0.478 e. The van der Waals surface area contributed by atoms with Gasteiger partial charge < -0.3 is 15.2 Å². The van der Waals surface area contributed by atoms with Crippen LogP contribution in [0.1, 0.15) is 29.6 Å². The van der Waals surface area contributed by atoms with E-state index in [-0.39, 0.29) is 5.56 Å². The van der Waals surface area contributed by atoms with Crippen molar-refractivity contribution >= 4 is 11.7 Å². The molecule has 0 aromatic heterocycles. The van der Waals surface area contributed by atoms with Crippen molar-refractivity contribution in [2.75, 3.05) is 25.1 Å². The Balaban J connectivity index is 1.75. The first-order valence-electron chi connectivity index (χ1n) is 6.52. The number of carboxylic acids is 1.